The predicted octanol–water partition coefficient (Wildman–Crippen LogP) is 3.91. The van der Waals surface area contributed by atoms with Crippen LogP contribution in [0.4, 0.5) is 0 Å². The van der Waals surface area contributed by atoms with E-state index in [1.807, 2.05) is 66.6 Å². The number of nitrogens with zero attached hydrogens (tertiary/aromatic N) is 2. The maximum Gasteiger partial charge on any atom is 0.0645 e. The minimum Gasteiger partial charge on any atom is -0.316 e. The molecule has 1 heterocycles. The van der Waals surface area contributed by atoms with E-state index < -0.39 is 0 Å². The molecule has 3 nitrogen and oxygen atoms in total. The van der Waals surface area contributed by atoms with Crippen molar-refractivity contribution in [3.05, 3.63) is 71.5 Å². The number of halogens is 1. The Kier molecular flexibility index (Phi) is 4.04. The number of nitrogens with one attached hydrogen (secondary N) is 1. The Labute approximate surface area is 129 Å². The minimum absolute atomic E-state index is 0.749. The molecule has 2 aromatic carbocycles. The van der Waals surface area contributed by atoms with Crippen molar-refractivity contribution in [2.45, 2.75) is 6.54 Å². The van der Waals surface area contributed by atoms with Crippen LogP contribution in [0.15, 0.2) is 60.9 Å². The van der Waals surface area contributed by atoms with Gasteiger partial charge in [0.25, 0.3) is 0 Å². The largest absolute Gasteiger partial charge is 0.316 e. The number of aromatic nitrogens is 2. The van der Waals surface area contributed by atoms with Gasteiger partial charge in [0.05, 0.1) is 11.9 Å². The molecule has 0 aliphatic carbocycles. The molecule has 0 saturated carbocycles. The fourth-order valence-electron chi connectivity index (χ4n) is 2.27. The Morgan fingerprint density at radius 3 is 2.67 bits per heavy atom. The van der Waals surface area contributed by atoms with Crippen molar-refractivity contribution in [1.82, 2.24) is 15.1 Å². The van der Waals surface area contributed by atoms with Gasteiger partial charge in [0.2, 0.25) is 0 Å². The van der Waals surface area contributed by atoms with Gasteiger partial charge in [0.1, 0.15) is 0 Å². The summed E-state index contributed by atoms with van der Waals surface area (Å²) < 4.78 is 1.88. The summed E-state index contributed by atoms with van der Waals surface area (Å²) in [6.45, 7) is 0.749. The van der Waals surface area contributed by atoms with Crippen molar-refractivity contribution in [2.75, 3.05) is 7.05 Å². The molecule has 0 amide bonds. The lowest BCUT2D eigenvalue weighted by molar-refractivity contribution is 0.818. The molecular weight excluding hydrogens is 282 g/mol. The van der Waals surface area contributed by atoms with Crippen LogP contribution >= 0.6 is 11.6 Å². The van der Waals surface area contributed by atoms with E-state index in [1.165, 1.54) is 0 Å². The number of hydrogen-bond donors (Lipinski definition) is 1. The Balaban J connectivity index is 1.95. The van der Waals surface area contributed by atoms with Gasteiger partial charge in [-0.1, -0.05) is 35.9 Å². The number of hydrogen-bond acceptors (Lipinski definition) is 2. The summed E-state index contributed by atoms with van der Waals surface area (Å²) in [5.74, 6) is 0. The van der Waals surface area contributed by atoms with Crippen LogP contribution in [0, 0.1) is 0 Å². The molecule has 0 aliphatic heterocycles. The molecule has 0 spiro atoms. The summed E-state index contributed by atoms with van der Waals surface area (Å²) in [7, 11) is 1.91. The lowest BCUT2D eigenvalue weighted by Gasteiger charge is -2.06. The summed E-state index contributed by atoms with van der Waals surface area (Å²) in [5.41, 5.74) is 4.33. The van der Waals surface area contributed by atoms with E-state index in [9.17, 15) is 0 Å². The Morgan fingerprint density at radius 1 is 1.10 bits per heavy atom. The average molecular weight is 298 g/mol. The van der Waals surface area contributed by atoms with E-state index in [-0.39, 0.29) is 0 Å². The van der Waals surface area contributed by atoms with E-state index in [0.29, 0.717) is 0 Å². The smallest absolute Gasteiger partial charge is 0.0645 e. The van der Waals surface area contributed by atoms with Crippen LogP contribution in [0.5, 0.6) is 0 Å². The molecule has 0 saturated heterocycles. The zero-order valence-corrected chi connectivity index (χ0v) is 12.5. The van der Waals surface area contributed by atoms with Gasteiger partial charge in [-0.15, -0.1) is 0 Å². The van der Waals surface area contributed by atoms with E-state index in [4.69, 9.17) is 11.6 Å². The van der Waals surface area contributed by atoms with Crippen molar-refractivity contribution in [1.29, 1.82) is 0 Å². The highest BCUT2D eigenvalue weighted by atomic mass is 35.5. The van der Waals surface area contributed by atoms with Crippen LogP contribution < -0.4 is 5.32 Å². The third-order valence-electron chi connectivity index (χ3n) is 3.35. The lowest BCUT2D eigenvalue weighted by Crippen LogP contribution is -2.05. The molecule has 21 heavy (non-hydrogen) atoms. The van der Waals surface area contributed by atoms with Gasteiger partial charge in [-0.05, 0) is 42.4 Å². The first-order chi connectivity index (χ1) is 10.3. The Hall–Kier alpha value is -2.10. The molecule has 0 radical (unpaired) electrons. The summed E-state index contributed by atoms with van der Waals surface area (Å²) in [4.78, 5) is 0. The van der Waals surface area contributed by atoms with Crippen molar-refractivity contribution >= 4 is 11.6 Å². The molecule has 1 N–H and O–H groups in total. The normalized spacial score (nSPS) is 10.8. The molecule has 0 unspecified atom stereocenters. The fourth-order valence-corrected chi connectivity index (χ4v) is 2.46. The predicted molar refractivity (Wildman–Crippen MR) is 86.8 cm³/mol. The van der Waals surface area contributed by atoms with Crippen molar-refractivity contribution in [2.24, 2.45) is 0 Å². The van der Waals surface area contributed by atoms with E-state index in [1.54, 1.807) is 0 Å². The zero-order valence-electron chi connectivity index (χ0n) is 11.8. The first-order valence-corrected chi connectivity index (χ1v) is 7.19. The quantitative estimate of drug-likeness (QED) is 0.791. The van der Waals surface area contributed by atoms with E-state index in [0.717, 1.165) is 33.9 Å². The molecule has 106 valence electrons. The molecule has 0 atom stereocenters. The van der Waals surface area contributed by atoms with Gasteiger partial charge >= 0.3 is 0 Å². The topological polar surface area (TPSA) is 29.9 Å². The maximum atomic E-state index is 6.20. The van der Waals surface area contributed by atoms with Gasteiger partial charge in [0, 0.05) is 23.3 Å². The third-order valence-corrected chi connectivity index (χ3v) is 3.72. The van der Waals surface area contributed by atoms with Crippen molar-refractivity contribution in [3.8, 4) is 16.8 Å². The monoisotopic (exact) mass is 297 g/mol. The maximum absolute atomic E-state index is 6.20. The molecule has 0 aliphatic rings. The highest BCUT2D eigenvalue weighted by Gasteiger charge is 2.06. The molecule has 0 fully saturated rings. The van der Waals surface area contributed by atoms with Gasteiger partial charge < -0.3 is 5.32 Å². The number of para-hydroxylation sites is 1. The second kappa shape index (κ2) is 6.12. The Morgan fingerprint density at radius 2 is 1.90 bits per heavy atom. The van der Waals surface area contributed by atoms with Crippen molar-refractivity contribution in [3.63, 3.8) is 0 Å². The molecule has 4 heteroatoms. The molecule has 3 rings (SSSR count). The van der Waals surface area contributed by atoms with Crippen LogP contribution in [0.25, 0.3) is 16.8 Å². The van der Waals surface area contributed by atoms with Gasteiger partial charge in [0.15, 0.2) is 0 Å². The van der Waals surface area contributed by atoms with Crippen LogP contribution in [-0.4, -0.2) is 16.8 Å². The van der Waals surface area contributed by atoms with Gasteiger partial charge in [-0.25, -0.2) is 4.68 Å². The van der Waals surface area contributed by atoms with E-state index >= 15 is 0 Å². The van der Waals surface area contributed by atoms with Gasteiger partial charge in [-0.3, -0.25) is 0 Å². The Bertz CT molecular complexity index is 735. The minimum atomic E-state index is 0.749. The second-order valence-corrected chi connectivity index (χ2v) is 5.25. The molecule has 0 bridgehead atoms. The van der Waals surface area contributed by atoms with E-state index in [2.05, 4.69) is 16.5 Å². The molecule has 3 aromatic rings. The molecule has 1 aromatic heterocycles. The highest BCUT2D eigenvalue weighted by Crippen LogP contribution is 2.25. The van der Waals surface area contributed by atoms with Crippen LogP contribution in [0.1, 0.15) is 5.56 Å². The first-order valence-electron chi connectivity index (χ1n) is 6.81. The highest BCUT2D eigenvalue weighted by molar-refractivity contribution is 6.31. The number of rotatable bonds is 4. The lowest BCUT2D eigenvalue weighted by atomic mass is 10.1. The first kappa shape index (κ1) is 13.9. The standard InChI is InChI=1S/C17H16ClN3/c1-19-10-14-9-13(7-8-17(14)18)15-11-20-21(12-15)16-5-3-2-4-6-16/h2-9,11-12,19H,10H2,1H3. The summed E-state index contributed by atoms with van der Waals surface area (Å²) >= 11 is 6.20. The SMILES string of the molecule is CNCc1cc(-c2cnn(-c3ccccc3)c2)ccc1Cl. The summed E-state index contributed by atoms with van der Waals surface area (Å²) in [6, 6.07) is 16.1. The third kappa shape index (κ3) is 2.99. The zero-order chi connectivity index (χ0) is 14.7. The van der Waals surface area contributed by atoms with Crippen LogP contribution in [0.3, 0.4) is 0 Å². The second-order valence-electron chi connectivity index (χ2n) is 4.85. The summed E-state index contributed by atoms with van der Waals surface area (Å²) in [6.07, 6.45) is 3.90. The van der Waals surface area contributed by atoms with Gasteiger partial charge in [-0.2, -0.15) is 5.10 Å². The van der Waals surface area contributed by atoms with Crippen LogP contribution in [0.2, 0.25) is 5.02 Å². The summed E-state index contributed by atoms with van der Waals surface area (Å²) in [5, 5.41) is 8.34. The molecular formula is C17H16ClN3. The number of benzene rings is 2. The average Bonchev–Trinajstić information content (AvgIpc) is 3.00. The van der Waals surface area contributed by atoms with Crippen molar-refractivity contribution < 1.29 is 0 Å². The van der Waals surface area contributed by atoms with Crippen LogP contribution in [-0.2, 0) is 6.54 Å². The fraction of sp³-hybridized carbons (Fsp3) is 0.118.